The monoisotopic (exact) mass is 598 g/mol. The number of hydrogen-bond donors (Lipinski definition) is 2. The van der Waals surface area contributed by atoms with Crippen LogP contribution < -0.4 is 0 Å². The Balaban J connectivity index is 1.25. The van der Waals surface area contributed by atoms with Crippen LogP contribution >= 0.6 is 0 Å². The van der Waals surface area contributed by atoms with Gasteiger partial charge in [-0.25, -0.2) is 0 Å². The fourth-order valence-corrected chi connectivity index (χ4v) is 6.58. The maximum atomic E-state index is 13.1. The van der Waals surface area contributed by atoms with E-state index in [0.717, 1.165) is 32.7 Å². The number of benzene rings is 4. The molecule has 0 saturated heterocycles. The summed E-state index contributed by atoms with van der Waals surface area (Å²) in [5.74, 6) is -0.0686. The van der Waals surface area contributed by atoms with Gasteiger partial charge in [-0.2, -0.15) is 0 Å². The molecule has 0 spiro atoms. The van der Waals surface area contributed by atoms with E-state index in [1.807, 2.05) is 91.9 Å². The highest BCUT2D eigenvalue weighted by atomic mass is 16.3. The van der Waals surface area contributed by atoms with Crippen LogP contribution in [0.1, 0.15) is 56.6 Å². The molecular weight excluding hydrogens is 560 g/mol. The van der Waals surface area contributed by atoms with Crippen molar-refractivity contribution in [1.82, 2.24) is 0 Å². The number of rotatable bonds is 7. The van der Waals surface area contributed by atoms with Gasteiger partial charge < -0.3 is 10.2 Å². The first-order valence-electron chi connectivity index (χ1n) is 15.8. The molecule has 2 fully saturated rings. The van der Waals surface area contributed by atoms with Gasteiger partial charge in [-0.3, -0.25) is 19.6 Å². The van der Waals surface area contributed by atoms with E-state index in [2.05, 4.69) is 0 Å². The minimum atomic E-state index is -0.280. The summed E-state index contributed by atoms with van der Waals surface area (Å²) in [7, 11) is 0. The number of carbonyl (C=O) groups is 2. The van der Waals surface area contributed by atoms with Crippen molar-refractivity contribution in [2.24, 2.45) is 9.98 Å². The number of nitrogens with zero attached hydrogens (tertiary/aromatic N) is 2. The van der Waals surface area contributed by atoms with Crippen LogP contribution in [-0.2, 0) is 22.4 Å². The van der Waals surface area contributed by atoms with E-state index in [0.29, 0.717) is 67.6 Å². The van der Waals surface area contributed by atoms with Crippen LogP contribution in [0.5, 0.6) is 0 Å². The molecular formula is C39H38N2O4. The minimum absolute atomic E-state index is 0.0507. The first-order valence-corrected chi connectivity index (χ1v) is 15.8. The molecule has 1 unspecified atom stereocenters. The smallest absolute Gasteiger partial charge is 0.168 e. The zero-order chi connectivity index (χ0) is 31.3. The lowest BCUT2D eigenvalue weighted by atomic mass is 9.88. The standard InChI is InChI=1S/C39H38N2O4/c1-25(41-33-19-9-21-35(43)39(33)37(45)23-29-15-7-13-27-11-3-5-17-31(27)29)24-40-32-18-8-20-34(42)38(32)36(44)22-28-14-6-12-26-10-2-4-16-30(26)28/h2-7,10-17,25,44-45H,8-9,18-24H2,1H3. The summed E-state index contributed by atoms with van der Waals surface area (Å²) < 4.78 is 0. The Morgan fingerprint density at radius 3 is 1.67 bits per heavy atom. The van der Waals surface area contributed by atoms with Crippen molar-refractivity contribution in [2.45, 2.75) is 64.3 Å². The van der Waals surface area contributed by atoms with Crippen molar-refractivity contribution in [3.05, 3.63) is 119 Å². The minimum Gasteiger partial charge on any atom is -0.511 e. The second-order valence-corrected chi connectivity index (χ2v) is 12.0. The zero-order valence-corrected chi connectivity index (χ0v) is 25.6. The quantitative estimate of drug-likeness (QED) is 0.166. The third-order valence-corrected chi connectivity index (χ3v) is 8.75. The topological polar surface area (TPSA) is 99.3 Å². The molecule has 6 heteroatoms. The van der Waals surface area contributed by atoms with Crippen LogP contribution in [0.15, 0.2) is 118 Å². The average molecular weight is 599 g/mol. The summed E-state index contributed by atoms with van der Waals surface area (Å²) >= 11 is 0. The van der Waals surface area contributed by atoms with E-state index < -0.39 is 0 Å². The van der Waals surface area contributed by atoms with Crippen molar-refractivity contribution >= 4 is 44.5 Å². The highest BCUT2D eigenvalue weighted by Gasteiger charge is 2.28. The number of allylic oxidation sites excluding steroid dienone is 4. The predicted octanol–water partition coefficient (Wildman–Crippen LogP) is 8.18. The molecule has 2 aliphatic carbocycles. The van der Waals surface area contributed by atoms with E-state index in [1.54, 1.807) is 0 Å². The lowest BCUT2D eigenvalue weighted by Gasteiger charge is -2.21. The number of fused-ring (bicyclic) bond motifs is 2. The second kappa shape index (κ2) is 13.4. The number of carbonyl (C=O) groups excluding carboxylic acids is 2. The van der Waals surface area contributed by atoms with E-state index >= 15 is 0 Å². The molecule has 1 atom stereocenters. The molecule has 0 aliphatic heterocycles. The number of aliphatic hydroxyl groups is 2. The first kappa shape index (κ1) is 30.2. The van der Waals surface area contributed by atoms with Gasteiger partial charge in [-0.15, -0.1) is 0 Å². The first-order chi connectivity index (χ1) is 21.9. The lowest BCUT2D eigenvalue weighted by Crippen LogP contribution is -2.25. The van der Waals surface area contributed by atoms with Crippen LogP contribution in [0.3, 0.4) is 0 Å². The molecule has 45 heavy (non-hydrogen) atoms. The largest absolute Gasteiger partial charge is 0.511 e. The highest BCUT2D eigenvalue weighted by Crippen LogP contribution is 2.28. The van der Waals surface area contributed by atoms with Crippen molar-refractivity contribution in [2.75, 3.05) is 6.54 Å². The Kier molecular flexibility index (Phi) is 9.01. The Morgan fingerprint density at radius 1 is 0.644 bits per heavy atom. The van der Waals surface area contributed by atoms with Crippen LogP contribution in [-0.4, -0.2) is 45.8 Å². The Hall–Kier alpha value is -4.84. The van der Waals surface area contributed by atoms with Gasteiger partial charge in [0.05, 0.1) is 23.7 Å². The summed E-state index contributed by atoms with van der Waals surface area (Å²) in [5.41, 5.74) is 3.81. The van der Waals surface area contributed by atoms with Crippen LogP contribution in [0, 0.1) is 0 Å². The Labute approximate surface area is 263 Å². The predicted molar refractivity (Wildman–Crippen MR) is 182 cm³/mol. The molecule has 0 aromatic heterocycles. The molecule has 2 saturated carbocycles. The Bertz CT molecular complexity index is 1900. The normalized spacial score (nSPS) is 20.6. The summed E-state index contributed by atoms with van der Waals surface area (Å²) in [6, 6.07) is 27.7. The van der Waals surface area contributed by atoms with Crippen LogP contribution in [0.2, 0.25) is 0 Å². The third-order valence-electron chi connectivity index (χ3n) is 8.75. The molecule has 0 amide bonds. The average Bonchev–Trinajstić information content (AvgIpc) is 3.04. The van der Waals surface area contributed by atoms with E-state index in [4.69, 9.17) is 9.98 Å². The number of aliphatic hydroxyl groups excluding tert-OH is 2. The molecule has 4 aromatic rings. The number of Topliss-reactive ketones (excluding diaryl/α,β-unsaturated/α-hetero) is 2. The zero-order valence-electron chi connectivity index (χ0n) is 25.6. The SMILES string of the molecule is CC(CN=C1CCCC(=O)C1=C(O)Cc1cccc2ccccc12)N=C1CCCC(=O)C1=C(O)Cc1cccc2ccccc12. The molecule has 0 radical (unpaired) electrons. The van der Waals surface area contributed by atoms with Crippen LogP contribution in [0.4, 0.5) is 0 Å². The van der Waals surface area contributed by atoms with Crippen molar-refractivity contribution < 1.29 is 19.8 Å². The van der Waals surface area contributed by atoms with Gasteiger partial charge in [0.1, 0.15) is 11.5 Å². The van der Waals surface area contributed by atoms with Gasteiger partial charge in [0.2, 0.25) is 0 Å². The summed E-state index contributed by atoms with van der Waals surface area (Å²) in [6.07, 6.45) is 3.88. The molecule has 0 heterocycles. The van der Waals surface area contributed by atoms with Gasteiger partial charge >= 0.3 is 0 Å². The van der Waals surface area contributed by atoms with Gasteiger partial charge in [0.15, 0.2) is 11.6 Å². The molecule has 4 aromatic carbocycles. The molecule has 6 nitrogen and oxygen atoms in total. The Morgan fingerprint density at radius 2 is 1.11 bits per heavy atom. The van der Waals surface area contributed by atoms with Gasteiger partial charge in [-0.1, -0.05) is 84.9 Å². The van der Waals surface area contributed by atoms with E-state index in [-0.39, 0.29) is 42.0 Å². The van der Waals surface area contributed by atoms with E-state index in [9.17, 15) is 19.8 Å². The lowest BCUT2D eigenvalue weighted by molar-refractivity contribution is -0.116. The molecule has 2 N–H and O–H groups in total. The van der Waals surface area contributed by atoms with Crippen molar-refractivity contribution in [3.63, 3.8) is 0 Å². The molecule has 2 aliphatic rings. The molecule has 0 bridgehead atoms. The number of aliphatic imine (C=N–C) groups is 2. The fourth-order valence-electron chi connectivity index (χ4n) is 6.58. The fraction of sp³-hybridized carbons (Fsp3) is 0.282. The second-order valence-electron chi connectivity index (χ2n) is 12.0. The number of hydrogen-bond acceptors (Lipinski definition) is 6. The third kappa shape index (κ3) is 6.65. The highest BCUT2D eigenvalue weighted by molar-refractivity contribution is 6.25. The van der Waals surface area contributed by atoms with Crippen molar-refractivity contribution in [3.8, 4) is 0 Å². The summed E-state index contributed by atoms with van der Waals surface area (Å²) in [6.45, 7) is 2.24. The maximum Gasteiger partial charge on any atom is 0.168 e. The summed E-state index contributed by atoms with van der Waals surface area (Å²) in [5, 5.41) is 26.8. The van der Waals surface area contributed by atoms with Gasteiger partial charge in [0, 0.05) is 37.1 Å². The molecule has 228 valence electrons. The molecule has 6 rings (SSSR count). The number of ketones is 2. The van der Waals surface area contributed by atoms with Crippen LogP contribution in [0.25, 0.3) is 21.5 Å². The summed E-state index contributed by atoms with van der Waals surface area (Å²) in [4.78, 5) is 35.8. The van der Waals surface area contributed by atoms with Gasteiger partial charge in [0.25, 0.3) is 0 Å². The van der Waals surface area contributed by atoms with Crippen molar-refractivity contribution in [1.29, 1.82) is 0 Å². The maximum absolute atomic E-state index is 13.1. The van der Waals surface area contributed by atoms with Gasteiger partial charge in [-0.05, 0) is 65.3 Å². The van der Waals surface area contributed by atoms with E-state index in [1.165, 1.54) is 0 Å².